The second-order valence-electron chi connectivity index (χ2n) is 5.76. The van der Waals surface area contributed by atoms with Gasteiger partial charge in [0.1, 0.15) is 0 Å². The maximum Gasteiger partial charge on any atom is 0.340 e. The first-order chi connectivity index (χ1) is 14.0. The van der Waals surface area contributed by atoms with Crippen LogP contribution in [0.25, 0.3) is 6.08 Å². The van der Waals surface area contributed by atoms with E-state index in [0.29, 0.717) is 26.9 Å². The summed E-state index contributed by atoms with van der Waals surface area (Å²) >= 11 is 1.12. The Morgan fingerprint density at radius 3 is 2.41 bits per heavy atom. The second kappa shape index (κ2) is 8.70. The number of nitrogens with one attached hydrogen (secondary N) is 1. The zero-order chi connectivity index (χ0) is 21.0. The summed E-state index contributed by atoms with van der Waals surface area (Å²) < 4.78 is 15.0. The monoisotopic (exact) mass is 414 g/mol. The average Bonchev–Trinajstić information content (AvgIpc) is 3.07. The van der Waals surface area contributed by atoms with Gasteiger partial charge < -0.3 is 24.6 Å². The maximum absolute atomic E-state index is 12.3. The number of hydrogen-bond donors (Lipinski definition) is 2. The first-order valence-electron chi connectivity index (χ1n) is 8.38. The Bertz CT molecular complexity index is 1010. The van der Waals surface area contributed by atoms with Crippen LogP contribution in [0.2, 0.25) is 0 Å². The van der Waals surface area contributed by atoms with Crippen molar-refractivity contribution in [3.8, 4) is 17.2 Å². The third kappa shape index (κ3) is 4.35. The van der Waals surface area contributed by atoms with E-state index in [4.69, 9.17) is 14.2 Å². The number of methoxy groups -OCH3 is 3. The minimum atomic E-state index is -0.515. The lowest BCUT2D eigenvalue weighted by atomic mass is 10.1. The third-order valence-electron chi connectivity index (χ3n) is 3.98. The Labute approximate surface area is 171 Å². The number of amidine groups is 1. The minimum absolute atomic E-state index is 0.123. The number of rotatable bonds is 5. The molecule has 0 aromatic heterocycles. The zero-order valence-corrected chi connectivity index (χ0v) is 16.7. The molecule has 2 aromatic carbocycles. The van der Waals surface area contributed by atoms with Crippen LogP contribution < -0.4 is 14.8 Å². The Balaban J connectivity index is 1.92. The number of hydrogen-bond acceptors (Lipinski definition) is 8. The molecule has 8 nitrogen and oxygen atoms in total. The van der Waals surface area contributed by atoms with Crippen molar-refractivity contribution in [3.63, 3.8) is 0 Å². The summed E-state index contributed by atoms with van der Waals surface area (Å²) in [7, 11) is 4.14. The van der Waals surface area contributed by atoms with Crippen molar-refractivity contribution in [2.24, 2.45) is 4.99 Å². The van der Waals surface area contributed by atoms with Crippen molar-refractivity contribution in [3.05, 3.63) is 52.4 Å². The van der Waals surface area contributed by atoms with Crippen LogP contribution in [-0.4, -0.2) is 43.5 Å². The summed E-state index contributed by atoms with van der Waals surface area (Å²) in [6.45, 7) is 0. The van der Waals surface area contributed by atoms with E-state index in [9.17, 15) is 14.7 Å². The van der Waals surface area contributed by atoms with Gasteiger partial charge >= 0.3 is 5.97 Å². The first-order valence-corrected chi connectivity index (χ1v) is 9.20. The zero-order valence-electron chi connectivity index (χ0n) is 15.9. The van der Waals surface area contributed by atoms with E-state index in [1.165, 1.54) is 21.3 Å². The van der Waals surface area contributed by atoms with Crippen molar-refractivity contribution < 1.29 is 28.9 Å². The molecule has 0 unspecified atom stereocenters. The number of carbonyl (C=O) groups excluding carboxylic acids is 2. The second-order valence-corrected chi connectivity index (χ2v) is 6.80. The molecule has 9 heteroatoms. The van der Waals surface area contributed by atoms with Crippen LogP contribution in [0, 0.1) is 0 Å². The minimum Gasteiger partial charge on any atom is -0.502 e. The molecule has 0 atom stereocenters. The molecular weight excluding hydrogens is 396 g/mol. The Morgan fingerprint density at radius 2 is 1.79 bits per heavy atom. The Morgan fingerprint density at radius 1 is 1.14 bits per heavy atom. The number of phenolic OH excluding ortho intramolecular Hbond substituents is 1. The SMILES string of the molecule is COC(=O)c1ccccc1N=C1NC(=O)/C(=C\c2cc(OC)c(O)c(OC)c2)S1. The molecule has 1 fully saturated rings. The first kappa shape index (κ1) is 20.3. The molecule has 0 aliphatic carbocycles. The van der Waals surface area contributed by atoms with E-state index in [-0.39, 0.29) is 23.2 Å². The highest BCUT2D eigenvalue weighted by molar-refractivity contribution is 8.18. The Hall–Kier alpha value is -3.46. The van der Waals surface area contributed by atoms with Crippen molar-refractivity contribution in [1.29, 1.82) is 0 Å². The average molecular weight is 414 g/mol. The van der Waals surface area contributed by atoms with Crippen LogP contribution in [-0.2, 0) is 9.53 Å². The molecule has 1 aliphatic rings. The highest BCUT2D eigenvalue weighted by atomic mass is 32.2. The van der Waals surface area contributed by atoms with Gasteiger partial charge in [0.15, 0.2) is 16.7 Å². The van der Waals surface area contributed by atoms with Gasteiger partial charge in [-0.2, -0.15) is 0 Å². The fraction of sp³-hybridized carbons (Fsp3) is 0.150. The summed E-state index contributed by atoms with van der Waals surface area (Å²) in [5.41, 5.74) is 1.28. The topological polar surface area (TPSA) is 106 Å². The number of esters is 1. The molecule has 2 aromatic rings. The van der Waals surface area contributed by atoms with Gasteiger partial charge in [-0.25, -0.2) is 9.79 Å². The van der Waals surface area contributed by atoms with Gasteiger partial charge in [0, 0.05) is 0 Å². The molecule has 3 rings (SSSR count). The molecule has 29 heavy (non-hydrogen) atoms. The number of ether oxygens (including phenoxy) is 3. The number of phenols is 1. The number of aromatic hydroxyl groups is 1. The van der Waals surface area contributed by atoms with Gasteiger partial charge in [0.2, 0.25) is 5.75 Å². The molecule has 150 valence electrons. The summed E-state index contributed by atoms with van der Waals surface area (Å²) in [5, 5.41) is 13.0. The standard InChI is InChI=1S/C20H18N2O6S/c1-26-14-8-11(9-15(27-2)17(14)23)10-16-18(24)22-20(29-16)21-13-7-5-4-6-12(13)19(25)28-3/h4-10,23H,1-3H3,(H,21,22,24)/b16-10+. The smallest absolute Gasteiger partial charge is 0.340 e. The number of para-hydroxylation sites is 1. The summed E-state index contributed by atoms with van der Waals surface area (Å²) in [5.74, 6) is -0.531. The predicted molar refractivity (Wildman–Crippen MR) is 110 cm³/mol. The summed E-state index contributed by atoms with van der Waals surface area (Å²) in [6, 6.07) is 9.86. The van der Waals surface area contributed by atoms with Gasteiger partial charge in [-0.05, 0) is 47.7 Å². The molecule has 1 aliphatic heterocycles. The number of thioether (sulfide) groups is 1. The largest absolute Gasteiger partial charge is 0.502 e. The molecule has 1 saturated heterocycles. The van der Waals surface area contributed by atoms with Crippen LogP contribution in [0.4, 0.5) is 5.69 Å². The third-order valence-corrected chi connectivity index (χ3v) is 4.89. The molecule has 1 heterocycles. The normalized spacial score (nSPS) is 16.0. The van der Waals surface area contributed by atoms with Crippen LogP contribution in [0.5, 0.6) is 17.2 Å². The van der Waals surface area contributed by atoms with E-state index in [2.05, 4.69) is 10.3 Å². The van der Waals surface area contributed by atoms with Crippen LogP contribution in [0.15, 0.2) is 46.3 Å². The maximum atomic E-state index is 12.3. The van der Waals surface area contributed by atoms with Gasteiger partial charge in [-0.15, -0.1) is 0 Å². The molecule has 2 N–H and O–H groups in total. The number of carbonyl (C=O) groups is 2. The van der Waals surface area contributed by atoms with E-state index in [1.807, 2.05) is 0 Å². The Kier molecular flexibility index (Phi) is 6.08. The van der Waals surface area contributed by atoms with E-state index >= 15 is 0 Å². The van der Waals surface area contributed by atoms with E-state index in [0.717, 1.165) is 11.8 Å². The van der Waals surface area contributed by atoms with Gasteiger partial charge in [-0.1, -0.05) is 12.1 Å². The lowest BCUT2D eigenvalue weighted by molar-refractivity contribution is -0.115. The molecule has 0 radical (unpaired) electrons. The highest BCUT2D eigenvalue weighted by Crippen LogP contribution is 2.38. The number of nitrogens with zero attached hydrogens (tertiary/aromatic N) is 1. The summed E-state index contributed by atoms with van der Waals surface area (Å²) in [6.07, 6.45) is 1.62. The fourth-order valence-corrected chi connectivity index (χ4v) is 3.43. The molecular formula is C20H18N2O6S. The van der Waals surface area contributed by atoms with E-state index in [1.54, 1.807) is 42.5 Å². The molecule has 0 saturated carbocycles. The number of benzene rings is 2. The van der Waals surface area contributed by atoms with Crippen LogP contribution >= 0.6 is 11.8 Å². The predicted octanol–water partition coefficient (Wildman–Crippen LogP) is 3.09. The van der Waals surface area contributed by atoms with Crippen molar-refractivity contribution in [2.75, 3.05) is 21.3 Å². The highest BCUT2D eigenvalue weighted by Gasteiger charge is 2.25. The molecule has 0 spiro atoms. The van der Waals surface area contributed by atoms with Gasteiger partial charge in [-0.3, -0.25) is 4.79 Å². The number of amides is 1. The fourth-order valence-electron chi connectivity index (χ4n) is 2.59. The van der Waals surface area contributed by atoms with Gasteiger partial charge in [0.05, 0.1) is 37.5 Å². The molecule has 1 amide bonds. The lowest BCUT2D eigenvalue weighted by Gasteiger charge is -2.09. The van der Waals surface area contributed by atoms with Crippen LogP contribution in [0.1, 0.15) is 15.9 Å². The van der Waals surface area contributed by atoms with Crippen LogP contribution in [0.3, 0.4) is 0 Å². The van der Waals surface area contributed by atoms with E-state index < -0.39 is 5.97 Å². The van der Waals surface area contributed by atoms with Crippen molar-refractivity contribution >= 4 is 40.6 Å². The quantitative estimate of drug-likeness (QED) is 0.572. The van der Waals surface area contributed by atoms with Gasteiger partial charge in [0.25, 0.3) is 5.91 Å². The molecule has 0 bridgehead atoms. The van der Waals surface area contributed by atoms with Crippen molar-refractivity contribution in [1.82, 2.24) is 5.32 Å². The summed E-state index contributed by atoms with van der Waals surface area (Å²) in [4.78, 5) is 29.0. The number of aliphatic imine (C=N–C) groups is 1. The lowest BCUT2D eigenvalue weighted by Crippen LogP contribution is -2.19. The van der Waals surface area contributed by atoms with Crippen molar-refractivity contribution in [2.45, 2.75) is 0 Å².